The van der Waals surface area contributed by atoms with Gasteiger partial charge in [-0.2, -0.15) is 0 Å². The maximum Gasteiger partial charge on any atom is 0.316 e. The molecule has 0 aliphatic rings. The molecule has 0 fully saturated rings. The van der Waals surface area contributed by atoms with Crippen molar-refractivity contribution in [1.82, 2.24) is 14.8 Å². The Labute approximate surface area is 128 Å². The van der Waals surface area contributed by atoms with Crippen LogP contribution < -0.4 is 0 Å². The summed E-state index contributed by atoms with van der Waals surface area (Å²) in [6.07, 6.45) is 0. The molecule has 0 atom stereocenters. The van der Waals surface area contributed by atoms with Gasteiger partial charge in [-0.25, -0.2) is 0 Å². The lowest BCUT2D eigenvalue weighted by Gasteiger charge is -2.19. The average molecular weight is 305 g/mol. The van der Waals surface area contributed by atoms with Crippen LogP contribution in [0.15, 0.2) is 35.5 Å². The maximum absolute atomic E-state index is 11.7. The molecule has 0 saturated carbocycles. The predicted octanol–water partition coefficient (Wildman–Crippen LogP) is 2.92. The summed E-state index contributed by atoms with van der Waals surface area (Å²) in [7, 11) is 1.89. The number of carbonyl (C=O) groups excluding carboxylic acids is 1. The van der Waals surface area contributed by atoms with E-state index in [-0.39, 0.29) is 11.7 Å². The molecule has 0 spiro atoms. The number of carbonyl (C=O) groups is 1. The van der Waals surface area contributed by atoms with Crippen LogP contribution in [-0.4, -0.2) is 32.1 Å². The molecule has 1 aromatic heterocycles. The molecule has 0 bridgehead atoms. The third kappa shape index (κ3) is 4.32. The van der Waals surface area contributed by atoms with Gasteiger partial charge < -0.3 is 9.30 Å². The molecule has 0 aliphatic carbocycles. The minimum atomic E-state index is -0.466. The van der Waals surface area contributed by atoms with Crippen molar-refractivity contribution in [3.8, 4) is 11.4 Å². The lowest BCUT2D eigenvalue weighted by atomic mass is 10.2. The number of hydrogen-bond acceptors (Lipinski definition) is 5. The third-order valence-electron chi connectivity index (χ3n) is 2.61. The van der Waals surface area contributed by atoms with Crippen LogP contribution in [0, 0.1) is 0 Å². The van der Waals surface area contributed by atoms with E-state index in [9.17, 15) is 4.79 Å². The fourth-order valence-corrected chi connectivity index (χ4v) is 2.46. The highest BCUT2D eigenvalue weighted by Crippen LogP contribution is 2.22. The number of benzene rings is 1. The van der Waals surface area contributed by atoms with Gasteiger partial charge in [0, 0.05) is 12.6 Å². The zero-order chi connectivity index (χ0) is 15.5. The second-order valence-corrected chi connectivity index (χ2v) is 6.55. The van der Waals surface area contributed by atoms with Crippen molar-refractivity contribution >= 4 is 17.7 Å². The quantitative estimate of drug-likeness (QED) is 0.642. The van der Waals surface area contributed by atoms with E-state index in [4.69, 9.17) is 4.74 Å². The average Bonchev–Trinajstić information content (AvgIpc) is 2.77. The molecule has 0 aliphatic heterocycles. The molecule has 1 heterocycles. The van der Waals surface area contributed by atoms with Crippen molar-refractivity contribution in [2.75, 3.05) is 5.75 Å². The van der Waals surface area contributed by atoms with Crippen molar-refractivity contribution in [2.24, 2.45) is 7.05 Å². The molecule has 0 N–H and O–H groups in total. The molecule has 6 heteroatoms. The Bertz CT molecular complexity index is 618. The van der Waals surface area contributed by atoms with Gasteiger partial charge in [-0.3, -0.25) is 4.79 Å². The van der Waals surface area contributed by atoms with Gasteiger partial charge in [0.05, 0.1) is 5.75 Å². The molecule has 21 heavy (non-hydrogen) atoms. The first-order valence-corrected chi connectivity index (χ1v) is 7.65. The van der Waals surface area contributed by atoms with E-state index in [0.29, 0.717) is 5.16 Å². The first kappa shape index (κ1) is 15.6. The van der Waals surface area contributed by atoms with E-state index in [1.54, 1.807) is 0 Å². The number of ether oxygens (including phenoxy) is 1. The van der Waals surface area contributed by atoms with Crippen LogP contribution in [0.5, 0.6) is 0 Å². The van der Waals surface area contributed by atoms with Crippen LogP contribution in [0.4, 0.5) is 0 Å². The van der Waals surface area contributed by atoms with E-state index in [0.717, 1.165) is 11.4 Å². The van der Waals surface area contributed by atoms with Gasteiger partial charge in [-0.05, 0) is 20.8 Å². The number of esters is 1. The first-order valence-electron chi connectivity index (χ1n) is 6.66. The van der Waals surface area contributed by atoms with Gasteiger partial charge >= 0.3 is 5.97 Å². The summed E-state index contributed by atoms with van der Waals surface area (Å²) in [5, 5.41) is 9.00. The van der Waals surface area contributed by atoms with Crippen LogP contribution in [0.1, 0.15) is 20.8 Å². The Morgan fingerprint density at radius 1 is 1.24 bits per heavy atom. The maximum atomic E-state index is 11.7. The van der Waals surface area contributed by atoms with Crippen molar-refractivity contribution < 1.29 is 9.53 Å². The van der Waals surface area contributed by atoms with E-state index >= 15 is 0 Å². The number of nitrogens with zero attached hydrogens (tertiary/aromatic N) is 3. The van der Waals surface area contributed by atoms with Crippen LogP contribution in [0.25, 0.3) is 11.4 Å². The SMILES string of the molecule is Cn1c(SCC(=O)OC(C)(C)C)nnc1-c1ccccc1. The van der Waals surface area contributed by atoms with Crippen molar-refractivity contribution in [2.45, 2.75) is 31.5 Å². The van der Waals surface area contributed by atoms with Gasteiger partial charge in [-0.1, -0.05) is 42.1 Å². The normalized spacial score (nSPS) is 11.4. The Morgan fingerprint density at radius 2 is 1.90 bits per heavy atom. The molecular formula is C15H19N3O2S. The third-order valence-corrected chi connectivity index (χ3v) is 3.60. The minimum absolute atomic E-state index is 0.220. The van der Waals surface area contributed by atoms with Crippen LogP contribution in [0.3, 0.4) is 0 Å². The molecule has 1 aromatic carbocycles. The van der Waals surface area contributed by atoms with E-state index in [1.807, 2.05) is 62.7 Å². The standard InChI is InChI=1S/C15H19N3O2S/c1-15(2,3)20-12(19)10-21-14-17-16-13(18(14)4)11-8-6-5-7-9-11/h5-9H,10H2,1-4H3. The second-order valence-electron chi connectivity index (χ2n) is 5.61. The predicted molar refractivity (Wildman–Crippen MR) is 83.0 cm³/mol. The van der Waals surface area contributed by atoms with E-state index in [1.165, 1.54) is 11.8 Å². The summed E-state index contributed by atoms with van der Waals surface area (Å²) in [4.78, 5) is 11.7. The fourth-order valence-electron chi connectivity index (χ4n) is 1.77. The smallest absolute Gasteiger partial charge is 0.316 e. The van der Waals surface area contributed by atoms with Crippen molar-refractivity contribution in [3.63, 3.8) is 0 Å². The van der Waals surface area contributed by atoms with Crippen LogP contribution in [0.2, 0.25) is 0 Å². The Kier molecular flexibility index (Phi) is 4.67. The van der Waals surface area contributed by atoms with Crippen molar-refractivity contribution in [3.05, 3.63) is 30.3 Å². The minimum Gasteiger partial charge on any atom is -0.459 e. The second kappa shape index (κ2) is 6.30. The summed E-state index contributed by atoms with van der Waals surface area (Å²) in [6.45, 7) is 5.56. The fraction of sp³-hybridized carbons (Fsp3) is 0.400. The zero-order valence-corrected chi connectivity index (χ0v) is 13.5. The van der Waals surface area contributed by atoms with Gasteiger partial charge in [0.25, 0.3) is 0 Å². The molecule has 0 saturated heterocycles. The highest BCUT2D eigenvalue weighted by Gasteiger charge is 2.18. The molecule has 0 amide bonds. The summed E-state index contributed by atoms with van der Waals surface area (Å²) < 4.78 is 7.15. The lowest BCUT2D eigenvalue weighted by Crippen LogP contribution is -2.25. The lowest BCUT2D eigenvalue weighted by molar-refractivity contribution is -0.151. The molecular weight excluding hydrogens is 286 g/mol. The molecule has 0 unspecified atom stereocenters. The van der Waals surface area contributed by atoms with Crippen LogP contribution in [-0.2, 0) is 16.6 Å². The van der Waals surface area contributed by atoms with Gasteiger partial charge in [0.15, 0.2) is 11.0 Å². The molecule has 5 nitrogen and oxygen atoms in total. The topological polar surface area (TPSA) is 57.0 Å². The highest BCUT2D eigenvalue weighted by atomic mass is 32.2. The Morgan fingerprint density at radius 3 is 2.52 bits per heavy atom. The summed E-state index contributed by atoms with van der Waals surface area (Å²) in [5.41, 5.74) is 0.531. The molecule has 0 radical (unpaired) electrons. The molecule has 112 valence electrons. The van der Waals surface area contributed by atoms with Gasteiger partial charge in [-0.15, -0.1) is 10.2 Å². The number of hydrogen-bond donors (Lipinski definition) is 0. The summed E-state index contributed by atoms with van der Waals surface area (Å²) >= 11 is 1.33. The van der Waals surface area contributed by atoms with E-state index in [2.05, 4.69) is 10.2 Å². The monoisotopic (exact) mass is 305 g/mol. The van der Waals surface area contributed by atoms with E-state index < -0.39 is 5.60 Å². The van der Waals surface area contributed by atoms with Gasteiger partial charge in [0.1, 0.15) is 5.60 Å². The first-order chi connectivity index (χ1) is 9.87. The zero-order valence-electron chi connectivity index (χ0n) is 12.7. The summed E-state index contributed by atoms with van der Waals surface area (Å²) in [6, 6.07) is 9.83. The molecule has 2 aromatic rings. The summed E-state index contributed by atoms with van der Waals surface area (Å²) in [5.74, 6) is 0.747. The largest absolute Gasteiger partial charge is 0.459 e. The number of thioether (sulfide) groups is 1. The Balaban J connectivity index is 2.03. The van der Waals surface area contributed by atoms with Crippen molar-refractivity contribution in [1.29, 1.82) is 0 Å². The van der Waals surface area contributed by atoms with Crippen LogP contribution >= 0.6 is 11.8 Å². The highest BCUT2D eigenvalue weighted by molar-refractivity contribution is 7.99. The number of rotatable bonds is 4. The molecule has 2 rings (SSSR count). The Hall–Kier alpha value is -1.82. The number of aromatic nitrogens is 3. The van der Waals surface area contributed by atoms with Gasteiger partial charge in [0.2, 0.25) is 0 Å².